The molecule has 0 aliphatic carbocycles. The van der Waals surface area contributed by atoms with Gasteiger partial charge in [0.15, 0.2) is 5.58 Å². The van der Waals surface area contributed by atoms with Gasteiger partial charge in [-0.25, -0.2) is 0 Å². The molecule has 0 saturated carbocycles. The van der Waals surface area contributed by atoms with Crippen molar-refractivity contribution >= 4 is 27.7 Å². The van der Waals surface area contributed by atoms with Gasteiger partial charge < -0.3 is 18.7 Å². The van der Waals surface area contributed by atoms with Gasteiger partial charge >= 0.3 is 5.97 Å². The molecule has 1 saturated heterocycles. The second-order valence-corrected chi connectivity index (χ2v) is 6.74. The summed E-state index contributed by atoms with van der Waals surface area (Å²) in [6.07, 6.45) is 0.0950. The molecule has 2 aromatic carbocycles. The predicted molar refractivity (Wildman–Crippen MR) is 105 cm³/mol. The Balaban J connectivity index is 1.51. The van der Waals surface area contributed by atoms with Crippen LogP contribution < -0.4 is 4.74 Å². The minimum Gasteiger partial charge on any atom is -0.492 e. The first-order valence-corrected chi connectivity index (χ1v) is 9.64. The number of carbonyl (C=O) groups excluding carboxylic acids is 1. The first-order chi connectivity index (χ1) is 13.7. The Morgan fingerprint density at radius 3 is 2.89 bits per heavy atom. The summed E-state index contributed by atoms with van der Waals surface area (Å²) in [7, 11) is 0. The van der Waals surface area contributed by atoms with Crippen molar-refractivity contribution in [1.29, 1.82) is 0 Å². The quantitative estimate of drug-likeness (QED) is 0.580. The van der Waals surface area contributed by atoms with Crippen molar-refractivity contribution in [1.82, 2.24) is 10.1 Å². The summed E-state index contributed by atoms with van der Waals surface area (Å²) in [5, 5.41) is 6.92. The highest BCUT2D eigenvalue weighted by Gasteiger charge is 2.16. The van der Waals surface area contributed by atoms with Crippen molar-refractivity contribution < 1.29 is 23.5 Å². The fraction of sp³-hybridized carbons (Fsp3) is 0.429. The van der Waals surface area contributed by atoms with Crippen LogP contribution in [0, 0.1) is 0 Å². The van der Waals surface area contributed by atoms with Crippen molar-refractivity contribution in [2.24, 2.45) is 0 Å². The highest BCUT2D eigenvalue weighted by Crippen LogP contribution is 2.31. The van der Waals surface area contributed by atoms with Crippen LogP contribution in [-0.4, -0.2) is 62.1 Å². The van der Waals surface area contributed by atoms with Gasteiger partial charge in [-0.3, -0.25) is 9.69 Å². The topological polar surface area (TPSA) is 74.0 Å². The fourth-order valence-electron chi connectivity index (χ4n) is 3.49. The van der Waals surface area contributed by atoms with Crippen LogP contribution in [0.25, 0.3) is 21.7 Å². The Bertz CT molecular complexity index is 962. The van der Waals surface area contributed by atoms with E-state index in [4.69, 9.17) is 18.7 Å². The van der Waals surface area contributed by atoms with Gasteiger partial charge in [-0.15, -0.1) is 0 Å². The number of morpholine rings is 1. The van der Waals surface area contributed by atoms with Crippen molar-refractivity contribution in [2.75, 3.05) is 46.1 Å². The van der Waals surface area contributed by atoms with Crippen LogP contribution in [0.3, 0.4) is 0 Å². The molecule has 0 N–H and O–H groups in total. The third-order valence-electron chi connectivity index (χ3n) is 4.89. The maximum absolute atomic E-state index is 11.9. The van der Waals surface area contributed by atoms with Gasteiger partial charge in [0, 0.05) is 19.6 Å². The molecular formula is C21H24N2O5. The zero-order valence-electron chi connectivity index (χ0n) is 16.0. The summed E-state index contributed by atoms with van der Waals surface area (Å²) >= 11 is 0. The lowest BCUT2D eigenvalue weighted by atomic mass is 10.0. The van der Waals surface area contributed by atoms with Crippen LogP contribution >= 0.6 is 0 Å². The van der Waals surface area contributed by atoms with Crippen molar-refractivity contribution in [2.45, 2.75) is 13.3 Å². The molecule has 7 nitrogen and oxygen atoms in total. The van der Waals surface area contributed by atoms with E-state index in [9.17, 15) is 4.79 Å². The Labute approximate surface area is 163 Å². The van der Waals surface area contributed by atoms with Crippen LogP contribution in [-0.2, 0) is 20.7 Å². The SMILES string of the molecule is CCOC(=O)Cc1noc2ccc3cc(OCCN4CCOCC4)ccc3c12. The first kappa shape index (κ1) is 18.7. The molecule has 1 fully saturated rings. The minimum atomic E-state index is -0.308. The average Bonchev–Trinajstić information content (AvgIpc) is 3.12. The van der Waals surface area contributed by atoms with Crippen LogP contribution in [0.4, 0.5) is 0 Å². The number of hydrogen-bond acceptors (Lipinski definition) is 7. The summed E-state index contributed by atoms with van der Waals surface area (Å²) in [6.45, 7) is 7.14. The zero-order chi connectivity index (χ0) is 19.3. The Morgan fingerprint density at radius 2 is 2.07 bits per heavy atom. The van der Waals surface area contributed by atoms with Gasteiger partial charge in [-0.2, -0.15) is 0 Å². The molecular weight excluding hydrogens is 360 g/mol. The van der Waals surface area contributed by atoms with Crippen LogP contribution in [0.1, 0.15) is 12.6 Å². The number of rotatable bonds is 7. The van der Waals surface area contributed by atoms with Gasteiger partial charge in [-0.05, 0) is 42.0 Å². The summed E-state index contributed by atoms with van der Waals surface area (Å²) in [4.78, 5) is 14.2. The maximum atomic E-state index is 11.9. The molecule has 1 aliphatic rings. The third-order valence-corrected chi connectivity index (χ3v) is 4.89. The first-order valence-electron chi connectivity index (χ1n) is 9.64. The van der Waals surface area contributed by atoms with E-state index in [1.807, 2.05) is 30.3 Å². The lowest BCUT2D eigenvalue weighted by Gasteiger charge is -2.26. The second-order valence-electron chi connectivity index (χ2n) is 6.74. The van der Waals surface area contributed by atoms with Crippen LogP contribution in [0.15, 0.2) is 34.9 Å². The molecule has 4 rings (SSSR count). The summed E-state index contributed by atoms with van der Waals surface area (Å²) in [5.41, 5.74) is 1.26. The van der Waals surface area contributed by atoms with Crippen molar-refractivity contribution in [3.05, 3.63) is 36.0 Å². The predicted octanol–water partition coefficient (Wildman–Crippen LogP) is 2.80. The molecule has 2 heterocycles. The normalized spacial score (nSPS) is 15.2. The van der Waals surface area contributed by atoms with E-state index in [0.29, 0.717) is 24.5 Å². The second kappa shape index (κ2) is 8.58. The van der Waals surface area contributed by atoms with Crippen LogP contribution in [0.5, 0.6) is 5.75 Å². The van der Waals surface area contributed by atoms with Crippen molar-refractivity contribution in [3.63, 3.8) is 0 Å². The van der Waals surface area contributed by atoms with E-state index >= 15 is 0 Å². The summed E-state index contributed by atoms with van der Waals surface area (Å²) in [6, 6.07) is 9.80. The number of benzene rings is 2. The van der Waals surface area contributed by atoms with Gasteiger partial charge in [0.2, 0.25) is 0 Å². The number of nitrogens with zero attached hydrogens (tertiary/aromatic N) is 2. The van der Waals surface area contributed by atoms with E-state index in [0.717, 1.165) is 54.8 Å². The van der Waals surface area contributed by atoms with Crippen LogP contribution in [0.2, 0.25) is 0 Å². The van der Waals surface area contributed by atoms with Gasteiger partial charge in [0.25, 0.3) is 0 Å². The zero-order valence-corrected chi connectivity index (χ0v) is 16.0. The Hall–Kier alpha value is -2.64. The van der Waals surface area contributed by atoms with E-state index in [-0.39, 0.29) is 12.4 Å². The number of fused-ring (bicyclic) bond motifs is 3. The molecule has 0 unspecified atom stereocenters. The van der Waals surface area contributed by atoms with E-state index in [1.165, 1.54) is 0 Å². The molecule has 7 heteroatoms. The number of hydrogen-bond donors (Lipinski definition) is 0. The lowest BCUT2D eigenvalue weighted by molar-refractivity contribution is -0.142. The molecule has 1 aromatic heterocycles. The van der Waals surface area contributed by atoms with E-state index in [2.05, 4.69) is 10.1 Å². The largest absolute Gasteiger partial charge is 0.492 e. The van der Waals surface area contributed by atoms with E-state index < -0.39 is 0 Å². The lowest BCUT2D eigenvalue weighted by Crippen LogP contribution is -2.38. The standard InChI is InChI=1S/C21H24N2O5/c1-2-26-20(24)14-18-21-17-5-4-16(13-15(17)3-6-19(21)28-22-18)27-12-9-23-7-10-25-11-8-23/h3-6,13H,2,7-12,14H2,1H3. The molecule has 0 atom stereocenters. The fourth-order valence-corrected chi connectivity index (χ4v) is 3.49. The Morgan fingerprint density at radius 1 is 1.21 bits per heavy atom. The van der Waals surface area contributed by atoms with Crippen molar-refractivity contribution in [3.8, 4) is 5.75 Å². The third kappa shape index (κ3) is 4.10. The highest BCUT2D eigenvalue weighted by molar-refractivity contribution is 6.07. The number of carbonyl (C=O) groups is 1. The number of ether oxygens (including phenoxy) is 3. The smallest absolute Gasteiger partial charge is 0.312 e. The maximum Gasteiger partial charge on any atom is 0.312 e. The number of aromatic nitrogens is 1. The Kier molecular flexibility index (Phi) is 5.73. The van der Waals surface area contributed by atoms with Gasteiger partial charge in [-0.1, -0.05) is 11.2 Å². The molecule has 0 bridgehead atoms. The summed E-state index contributed by atoms with van der Waals surface area (Å²) < 4.78 is 21.7. The molecule has 0 spiro atoms. The van der Waals surface area contributed by atoms with Gasteiger partial charge in [0.1, 0.15) is 18.1 Å². The average molecular weight is 384 g/mol. The molecule has 3 aromatic rings. The van der Waals surface area contributed by atoms with Gasteiger partial charge in [0.05, 0.1) is 31.6 Å². The highest BCUT2D eigenvalue weighted by atomic mass is 16.5. The molecule has 1 aliphatic heterocycles. The van der Waals surface area contributed by atoms with E-state index in [1.54, 1.807) is 6.92 Å². The summed E-state index contributed by atoms with van der Waals surface area (Å²) in [5.74, 6) is 0.515. The molecule has 28 heavy (non-hydrogen) atoms. The minimum absolute atomic E-state index is 0.0950. The molecule has 0 amide bonds. The number of esters is 1. The molecule has 148 valence electrons. The molecule has 0 radical (unpaired) electrons. The monoisotopic (exact) mass is 384 g/mol.